The van der Waals surface area contributed by atoms with Crippen molar-refractivity contribution in [1.29, 1.82) is 0 Å². The molecule has 1 aromatic heterocycles. The maximum atomic E-state index is 12.7. The molecule has 2 heterocycles. The van der Waals surface area contributed by atoms with Crippen molar-refractivity contribution >= 4 is 44.7 Å². The third-order valence-corrected chi connectivity index (χ3v) is 8.48. The van der Waals surface area contributed by atoms with Crippen LogP contribution in [0.2, 0.25) is 0 Å². The van der Waals surface area contributed by atoms with Crippen LogP contribution < -0.4 is 5.32 Å². The molecule has 1 saturated heterocycles. The Balaban J connectivity index is 1.71. The molecule has 1 amide bonds. The SMILES string of the molecule is CCSc1ccccc1NC(=O)[C@@H]1CCCN(S(=O)(=O)c2cccs2)C1. The van der Waals surface area contributed by atoms with Gasteiger partial charge in [0, 0.05) is 18.0 Å². The fourth-order valence-corrected chi connectivity index (χ4v) is 6.43. The number of nitrogens with zero attached hydrogens (tertiary/aromatic N) is 1. The number of para-hydroxylation sites is 1. The van der Waals surface area contributed by atoms with Gasteiger partial charge >= 0.3 is 0 Å². The molecule has 0 spiro atoms. The lowest BCUT2D eigenvalue weighted by Gasteiger charge is -2.31. The fraction of sp³-hybridized carbons (Fsp3) is 0.389. The molecule has 0 radical (unpaired) electrons. The number of thioether (sulfide) groups is 1. The maximum Gasteiger partial charge on any atom is 0.252 e. The second-order valence-electron chi connectivity index (χ2n) is 6.05. The summed E-state index contributed by atoms with van der Waals surface area (Å²) in [5, 5.41) is 4.75. The highest BCUT2D eigenvalue weighted by Gasteiger charge is 2.33. The van der Waals surface area contributed by atoms with E-state index in [4.69, 9.17) is 0 Å². The van der Waals surface area contributed by atoms with E-state index in [0.717, 1.165) is 16.3 Å². The minimum Gasteiger partial charge on any atom is -0.325 e. The van der Waals surface area contributed by atoms with Crippen LogP contribution in [0, 0.1) is 5.92 Å². The predicted molar refractivity (Wildman–Crippen MR) is 107 cm³/mol. The zero-order valence-electron chi connectivity index (χ0n) is 14.6. The van der Waals surface area contributed by atoms with Crippen LogP contribution in [-0.4, -0.2) is 37.5 Å². The number of benzene rings is 1. The van der Waals surface area contributed by atoms with Gasteiger partial charge in [-0.05, 0) is 42.2 Å². The van der Waals surface area contributed by atoms with Crippen LogP contribution in [0.1, 0.15) is 19.8 Å². The Bertz CT molecular complexity index is 850. The van der Waals surface area contributed by atoms with Crippen LogP contribution in [0.4, 0.5) is 5.69 Å². The van der Waals surface area contributed by atoms with Crippen LogP contribution >= 0.6 is 23.1 Å². The van der Waals surface area contributed by atoms with Crippen molar-refractivity contribution < 1.29 is 13.2 Å². The third kappa shape index (κ3) is 4.31. The van der Waals surface area contributed by atoms with Gasteiger partial charge in [-0.2, -0.15) is 4.31 Å². The Labute approximate surface area is 162 Å². The Hall–Kier alpha value is -1.35. The molecule has 0 unspecified atom stereocenters. The lowest BCUT2D eigenvalue weighted by molar-refractivity contribution is -0.120. The van der Waals surface area contributed by atoms with Crippen LogP contribution in [0.5, 0.6) is 0 Å². The Morgan fingerprint density at radius 1 is 1.31 bits per heavy atom. The van der Waals surface area contributed by atoms with E-state index in [1.807, 2.05) is 24.3 Å². The molecule has 140 valence electrons. The number of thiophene rings is 1. The zero-order valence-corrected chi connectivity index (χ0v) is 17.0. The monoisotopic (exact) mass is 410 g/mol. The summed E-state index contributed by atoms with van der Waals surface area (Å²) in [5.74, 6) is 0.474. The molecular weight excluding hydrogens is 388 g/mol. The average molecular weight is 411 g/mol. The van der Waals surface area contributed by atoms with E-state index in [9.17, 15) is 13.2 Å². The second-order valence-corrected chi connectivity index (χ2v) is 10.5. The van der Waals surface area contributed by atoms with Crippen LogP contribution in [-0.2, 0) is 14.8 Å². The molecule has 1 atom stereocenters. The van der Waals surface area contributed by atoms with E-state index in [0.29, 0.717) is 23.6 Å². The third-order valence-electron chi connectivity index (χ3n) is 4.29. The number of rotatable bonds is 6. The summed E-state index contributed by atoms with van der Waals surface area (Å²) in [6.07, 6.45) is 1.39. The summed E-state index contributed by atoms with van der Waals surface area (Å²) in [7, 11) is -3.51. The van der Waals surface area contributed by atoms with Crippen molar-refractivity contribution in [2.24, 2.45) is 5.92 Å². The van der Waals surface area contributed by atoms with Crippen molar-refractivity contribution in [3.63, 3.8) is 0 Å². The van der Waals surface area contributed by atoms with Gasteiger partial charge in [-0.3, -0.25) is 4.79 Å². The number of sulfonamides is 1. The molecule has 1 fully saturated rings. The Morgan fingerprint density at radius 2 is 2.12 bits per heavy atom. The fourth-order valence-electron chi connectivity index (χ4n) is 3.00. The van der Waals surface area contributed by atoms with Crippen LogP contribution in [0.25, 0.3) is 0 Å². The normalized spacial score (nSPS) is 18.6. The van der Waals surface area contributed by atoms with Crippen LogP contribution in [0.15, 0.2) is 50.9 Å². The number of hydrogen-bond acceptors (Lipinski definition) is 5. The number of anilines is 1. The maximum absolute atomic E-state index is 12.7. The predicted octanol–water partition coefficient (Wildman–Crippen LogP) is 3.90. The molecule has 0 saturated carbocycles. The van der Waals surface area contributed by atoms with Gasteiger partial charge in [0.05, 0.1) is 11.6 Å². The van der Waals surface area contributed by atoms with Crippen molar-refractivity contribution in [1.82, 2.24) is 4.31 Å². The first-order valence-corrected chi connectivity index (χ1v) is 11.9. The molecule has 0 bridgehead atoms. The lowest BCUT2D eigenvalue weighted by atomic mass is 9.99. The molecule has 0 aliphatic carbocycles. The number of amides is 1. The van der Waals surface area contributed by atoms with Gasteiger partial charge in [0.2, 0.25) is 5.91 Å². The van der Waals surface area contributed by atoms with E-state index in [1.54, 1.807) is 29.3 Å². The van der Waals surface area contributed by atoms with Gasteiger partial charge in [0.1, 0.15) is 4.21 Å². The molecule has 8 heteroatoms. The van der Waals surface area contributed by atoms with E-state index in [1.165, 1.54) is 15.6 Å². The number of carbonyl (C=O) groups is 1. The largest absolute Gasteiger partial charge is 0.325 e. The Morgan fingerprint density at radius 3 is 2.85 bits per heavy atom. The van der Waals surface area contributed by atoms with E-state index in [2.05, 4.69) is 12.2 Å². The zero-order chi connectivity index (χ0) is 18.6. The smallest absolute Gasteiger partial charge is 0.252 e. The summed E-state index contributed by atoms with van der Waals surface area (Å²) in [6.45, 7) is 2.76. The van der Waals surface area contributed by atoms with Crippen molar-refractivity contribution in [3.8, 4) is 0 Å². The van der Waals surface area contributed by atoms with Crippen LogP contribution in [0.3, 0.4) is 0 Å². The summed E-state index contributed by atoms with van der Waals surface area (Å²) in [6, 6.07) is 11.1. The van der Waals surface area contributed by atoms with Gasteiger partial charge in [-0.1, -0.05) is 25.1 Å². The molecule has 26 heavy (non-hydrogen) atoms. The van der Waals surface area contributed by atoms with Gasteiger partial charge in [-0.15, -0.1) is 23.1 Å². The highest BCUT2D eigenvalue weighted by Crippen LogP contribution is 2.29. The van der Waals surface area contributed by atoms with Crippen molar-refractivity contribution in [2.45, 2.75) is 28.9 Å². The first-order valence-electron chi connectivity index (χ1n) is 8.58. The highest BCUT2D eigenvalue weighted by molar-refractivity contribution is 7.99. The average Bonchev–Trinajstić information content (AvgIpc) is 3.19. The molecule has 1 N–H and O–H groups in total. The molecule has 1 aliphatic heterocycles. The number of nitrogens with one attached hydrogen (secondary N) is 1. The van der Waals surface area contributed by atoms with E-state index >= 15 is 0 Å². The minimum absolute atomic E-state index is 0.111. The van der Waals surface area contributed by atoms with E-state index in [-0.39, 0.29) is 18.4 Å². The topological polar surface area (TPSA) is 66.5 Å². The summed E-state index contributed by atoms with van der Waals surface area (Å²) >= 11 is 2.88. The standard InChI is InChI=1S/C18H22N2O3S3/c1-2-24-16-9-4-3-8-15(16)19-18(21)14-7-5-11-20(13-14)26(22,23)17-10-6-12-25-17/h3-4,6,8-10,12,14H,2,5,7,11,13H2,1H3,(H,19,21)/t14-/m1/s1. The lowest BCUT2D eigenvalue weighted by Crippen LogP contribution is -2.43. The molecule has 2 aromatic rings. The van der Waals surface area contributed by atoms with Gasteiger partial charge in [0.15, 0.2) is 0 Å². The first-order chi connectivity index (χ1) is 12.5. The highest BCUT2D eigenvalue weighted by atomic mass is 32.2. The van der Waals surface area contributed by atoms with Gasteiger partial charge in [0.25, 0.3) is 10.0 Å². The molecule has 1 aromatic carbocycles. The molecule has 5 nitrogen and oxygen atoms in total. The number of piperidine rings is 1. The number of carbonyl (C=O) groups excluding carboxylic acids is 1. The van der Waals surface area contributed by atoms with Crippen molar-refractivity contribution in [3.05, 3.63) is 41.8 Å². The summed E-state index contributed by atoms with van der Waals surface area (Å²) in [4.78, 5) is 13.8. The van der Waals surface area contributed by atoms with Gasteiger partial charge < -0.3 is 5.32 Å². The number of hydrogen-bond donors (Lipinski definition) is 1. The molecule has 1 aliphatic rings. The quantitative estimate of drug-likeness (QED) is 0.734. The summed E-state index contributed by atoms with van der Waals surface area (Å²) in [5.41, 5.74) is 0.794. The van der Waals surface area contributed by atoms with Crippen molar-refractivity contribution in [2.75, 3.05) is 24.2 Å². The molecule has 3 rings (SSSR count). The van der Waals surface area contributed by atoms with Gasteiger partial charge in [-0.25, -0.2) is 8.42 Å². The second kappa shape index (κ2) is 8.56. The van der Waals surface area contributed by atoms with E-state index < -0.39 is 10.0 Å². The molecular formula is C18H22N2O3S3. The summed E-state index contributed by atoms with van der Waals surface area (Å²) < 4.78 is 27.2. The minimum atomic E-state index is -3.51. The first kappa shape index (κ1) is 19.4. The Kier molecular flexibility index (Phi) is 6.39.